The molecule has 0 aliphatic rings. The largest absolute Gasteiger partial charge is 0.329 e. The third-order valence-corrected chi connectivity index (χ3v) is 6.73. The lowest BCUT2D eigenvalue weighted by Gasteiger charge is -2.10. The molecule has 180 valence electrons. The number of rotatable bonds is 6. The van der Waals surface area contributed by atoms with Gasteiger partial charge in [0.25, 0.3) is 21.8 Å². The Balaban J connectivity index is 1.41. The summed E-state index contributed by atoms with van der Waals surface area (Å²) in [6, 6.07) is 15.4. The van der Waals surface area contributed by atoms with E-state index in [0.717, 1.165) is 24.0 Å². The number of nitrogens with zero attached hydrogens (tertiary/aromatic N) is 2. The highest BCUT2D eigenvalue weighted by molar-refractivity contribution is 7.92. The Bertz CT molecular complexity index is 1530. The number of carbonyl (C=O) groups is 2. The van der Waals surface area contributed by atoms with Crippen LogP contribution in [0.25, 0.3) is 11.0 Å². The standard InChI is InChI=1S/C24H22FN5O4S/c1-3-30-15(2)26-21-14-17(10-13-22(21)30)24(32)28-27-23(31)16-8-11-18(12-9-16)35(33,34)29-20-7-5-4-6-19(20)25/h4-14,29H,3H2,1-2H3,(H,27,31)(H,28,32). The molecule has 1 heterocycles. The van der Waals surface area contributed by atoms with Crippen molar-refractivity contribution >= 4 is 38.6 Å². The number of benzene rings is 3. The molecule has 0 radical (unpaired) electrons. The van der Waals surface area contributed by atoms with Gasteiger partial charge in [0.2, 0.25) is 0 Å². The van der Waals surface area contributed by atoms with Crippen LogP contribution in [-0.4, -0.2) is 29.8 Å². The first kappa shape index (κ1) is 23.9. The molecule has 11 heteroatoms. The van der Waals surface area contributed by atoms with E-state index in [2.05, 4.69) is 20.6 Å². The highest BCUT2D eigenvalue weighted by Gasteiger charge is 2.17. The first-order valence-corrected chi connectivity index (χ1v) is 12.1. The van der Waals surface area contributed by atoms with Crippen molar-refractivity contribution in [3.63, 3.8) is 0 Å². The highest BCUT2D eigenvalue weighted by atomic mass is 32.2. The Morgan fingerprint density at radius 2 is 1.57 bits per heavy atom. The van der Waals surface area contributed by atoms with Crippen molar-refractivity contribution in [2.75, 3.05) is 4.72 Å². The van der Waals surface area contributed by atoms with Crippen molar-refractivity contribution in [2.24, 2.45) is 0 Å². The monoisotopic (exact) mass is 495 g/mol. The lowest BCUT2D eigenvalue weighted by atomic mass is 10.2. The summed E-state index contributed by atoms with van der Waals surface area (Å²) in [5.41, 5.74) is 6.46. The van der Waals surface area contributed by atoms with Gasteiger partial charge in [0, 0.05) is 17.7 Å². The molecule has 9 nitrogen and oxygen atoms in total. The minimum Gasteiger partial charge on any atom is -0.329 e. The minimum absolute atomic E-state index is 0.114. The van der Waals surface area contributed by atoms with E-state index in [1.54, 1.807) is 18.2 Å². The van der Waals surface area contributed by atoms with Gasteiger partial charge < -0.3 is 4.57 Å². The third-order valence-electron chi connectivity index (χ3n) is 5.35. The Hall–Kier alpha value is -4.25. The quantitative estimate of drug-likeness (QED) is 0.354. The summed E-state index contributed by atoms with van der Waals surface area (Å²) in [5, 5.41) is 0. The maximum absolute atomic E-state index is 13.8. The summed E-state index contributed by atoms with van der Waals surface area (Å²) in [4.78, 5) is 29.2. The van der Waals surface area contributed by atoms with Crippen LogP contribution in [0.15, 0.2) is 71.6 Å². The molecule has 3 aromatic carbocycles. The second-order valence-electron chi connectivity index (χ2n) is 7.62. The normalized spacial score (nSPS) is 11.3. The Kier molecular flexibility index (Phi) is 6.52. The van der Waals surface area contributed by atoms with Gasteiger partial charge in [-0.2, -0.15) is 0 Å². The van der Waals surface area contributed by atoms with Crippen molar-refractivity contribution in [1.29, 1.82) is 0 Å². The Labute approximate surface area is 201 Å². The molecule has 0 saturated carbocycles. The fraction of sp³-hybridized carbons (Fsp3) is 0.125. The molecule has 1 aromatic heterocycles. The lowest BCUT2D eigenvalue weighted by Crippen LogP contribution is -2.41. The van der Waals surface area contributed by atoms with Crippen LogP contribution in [0.5, 0.6) is 0 Å². The number of hydrogen-bond acceptors (Lipinski definition) is 5. The number of anilines is 1. The minimum atomic E-state index is -4.06. The van der Waals surface area contributed by atoms with Gasteiger partial charge in [-0.25, -0.2) is 17.8 Å². The molecule has 4 rings (SSSR count). The maximum Gasteiger partial charge on any atom is 0.269 e. The van der Waals surface area contributed by atoms with Gasteiger partial charge in [-0.15, -0.1) is 0 Å². The molecule has 0 bridgehead atoms. The van der Waals surface area contributed by atoms with Crippen LogP contribution in [0.1, 0.15) is 33.5 Å². The maximum atomic E-state index is 13.8. The number of para-hydroxylation sites is 1. The van der Waals surface area contributed by atoms with Gasteiger partial charge in [0.15, 0.2) is 0 Å². The molecule has 3 N–H and O–H groups in total. The summed E-state index contributed by atoms with van der Waals surface area (Å²) in [6.45, 7) is 4.64. The zero-order chi connectivity index (χ0) is 25.2. The Morgan fingerprint density at radius 3 is 2.23 bits per heavy atom. The molecular weight excluding hydrogens is 473 g/mol. The summed E-state index contributed by atoms with van der Waals surface area (Å²) < 4.78 is 43.0. The van der Waals surface area contributed by atoms with E-state index in [0.29, 0.717) is 11.1 Å². The number of nitrogens with one attached hydrogen (secondary N) is 3. The summed E-state index contributed by atoms with van der Waals surface area (Å²) in [7, 11) is -4.06. The molecular formula is C24H22FN5O4S. The van der Waals surface area contributed by atoms with Crippen molar-refractivity contribution in [2.45, 2.75) is 25.3 Å². The number of amides is 2. The SMILES string of the molecule is CCn1c(C)nc2cc(C(=O)NNC(=O)c3ccc(S(=O)(=O)Nc4ccccc4F)cc3)ccc21. The van der Waals surface area contributed by atoms with Crippen molar-refractivity contribution < 1.29 is 22.4 Å². The third kappa shape index (κ3) is 4.99. The highest BCUT2D eigenvalue weighted by Crippen LogP contribution is 2.20. The molecule has 0 fully saturated rings. The van der Waals surface area contributed by atoms with Crippen LogP contribution in [0.3, 0.4) is 0 Å². The molecule has 0 spiro atoms. The van der Waals surface area contributed by atoms with Crippen molar-refractivity contribution in [3.05, 3.63) is 89.5 Å². The van der Waals surface area contributed by atoms with Crippen LogP contribution in [0, 0.1) is 12.7 Å². The molecule has 0 atom stereocenters. The van der Waals surface area contributed by atoms with Gasteiger partial charge in [-0.3, -0.25) is 25.2 Å². The fourth-order valence-electron chi connectivity index (χ4n) is 3.58. The number of aromatic nitrogens is 2. The number of hydrogen-bond donors (Lipinski definition) is 3. The number of halogens is 1. The smallest absolute Gasteiger partial charge is 0.269 e. The first-order chi connectivity index (χ1) is 16.7. The number of carbonyl (C=O) groups excluding carboxylic acids is 2. The van der Waals surface area contributed by atoms with E-state index in [1.807, 2.05) is 18.4 Å². The van der Waals surface area contributed by atoms with Gasteiger partial charge >= 0.3 is 0 Å². The van der Waals surface area contributed by atoms with E-state index in [1.165, 1.54) is 42.5 Å². The van der Waals surface area contributed by atoms with E-state index in [9.17, 15) is 22.4 Å². The van der Waals surface area contributed by atoms with Gasteiger partial charge in [-0.05, 0) is 68.4 Å². The van der Waals surface area contributed by atoms with Crippen molar-refractivity contribution in [3.8, 4) is 0 Å². The summed E-state index contributed by atoms with van der Waals surface area (Å²) in [5.74, 6) is -1.05. The average molecular weight is 496 g/mol. The molecule has 4 aromatic rings. The molecule has 0 unspecified atom stereocenters. The molecule has 2 amide bonds. The van der Waals surface area contributed by atoms with Crippen LogP contribution in [-0.2, 0) is 16.6 Å². The summed E-state index contributed by atoms with van der Waals surface area (Å²) in [6.07, 6.45) is 0. The molecule has 0 aliphatic carbocycles. The van der Waals surface area contributed by atoms with Crippen LogP contribution < -0.4 is 15.6 Å². The average Bonchev–Trinajstić information content (AvgIpc) is 3.17. The van der Waals surface area contributed by atoms with Crippen LogP contribution in [0.2, 0.25) is 0 Å². The molecule has 0 saturated heterocycles. The molecule has 35 heavy (non-hydrogen) atoms. The predicted molar refractivity (Wildman–Crippen MR) is 129 cm³/mol. The van der Waals surface area contributed by atoms with Crippen LogP contribution >= 0.6 is 0 Å². The van der Waals surface area contributed by atoms with Crippen LogP contribution in [0.4, 0.5) is 10.1 Å². The van der Waals surface area contributed by atoms with E-state index >= 15 is 0 Å². The first-order valence-electron chi connectivity index (χ1n) is 10.6. The zero-order valence-electron chi connectivity index (χ0n) is 18.9. The van der Waals surface area contributed by atoms with Gasteiger partial charge in [0.05, 0.1) is 21.6 Å². The van der Waals surface area contributed by atoms with Gasteiger partial charge in [0.1, 0.15) is 11.6 Å². The fourth-order valence-corrected chi connectivity index (χ4v) is 4.65. The van der Waals surface area contributed by atoms with E-state index < -0.39 is 27.7 Å². The number of aryl methyl sites for hydroxylation is 2. The van der Waals surface area contributed by atoms with Crippen molar-refractivity contribution in [1.82, 2.24) is 20.4 Å². The number of fused-ring (bicyclic) bond motifs is 1. The molecule has 0 aliphatic heterocycles. The zero-order valence-corrected chi connectivity index (χ0v) is 19.7. The second-order valence-corrected chi connectivity index (χ2v) is 9.31. The van der Waals surface area contributed by atoms with E-state index in [-0.39, 0.29) is 16.1 Å². The lowest BCUT2D eigenvalue weighted by molar-refractivity contribution is 0.0846. The second kappa shape index (κ2) is 9.55. The number of sulfonamides is 1. The predicted octanol–water partition coefficient (Wildman–Crippen LogP) is 3.38. The number of hydrazine groups is 1. The Morgan fingerprint density at radius 1 is 0.943 bits per heavy atom. The summed E-state index contributed by atoms with van der Waals surface area (Å²) >= 11 is 0. The van der Waals surface area contributed by atoms with E-state index in [4.69, 9.17) is 0 Å². The van der Waals surface area contributed by atoms with Gasteiger partial charge in [-0.1, -0.05) is 12.1 Å². The topological polar surface area (TPSA) is 122 Å². The number of imidazole rings is 1.